The molecule has 2 heterocycles. The van der Waals surface area contributed by atoms with E-state index in [9.17, 15) is 9.90 Å². The normalized spacial score (nSPS) is 24.3. The lowest BCUT2D eigenvalue weighted by molar-refractivity contribution is -0.139. The Kier molecular flexibility index (Phi) is 4.45. The van der Waals surface area contributed by atoms with Crippen molar-refractivity contribution in [1.82, 2.24) is 4.98 Å². The third-order valence-corrected chi connectivity index (χ3v) is 5.64. The van der Waals surface area contributed by atoms with Crippen molar-refractivity contribution in [2.45, 2.75) is 51.0 Å². The van der Waals surface area contributed by atoms with Crippen LogP contribution in [-0.4, -0.2) is 35.3 Å². The van der Waals surface area contributed by atoms with E-state index in [-0.39, 0.29) is 0 Å². The Labute approximate surface area is 128 Å². The maximum Gasteiger partial charge on any atom is 0.312 e. The van der Waals surface area contributed by atoms with Crippen LogP contribution in [0.5, 0.6) is 0 Å². The van der Waals surface area contributed by atoms with Crippen LogP contribution in [0.3, 0.4) is 0 Å². The molecule has 0 aromatic carbocycles. The van der Waals surface area contributed by atoms with E-state index in [0.29, 0.717) is 18.4 Å². The number of aliphatic carboxylic acids is 1. The van der Waals surface area contributed by atoms with Crippen molar-refractivity contribution in [2.24, 2.45) is 5.92 Å². The predicted molar refractivity (Wildman–Crippen MR) is 82.1 cm³/mol. The number of nitrogens with zero attached hydrogens (tertiary/aromatic N) is 1. The lowest BCUT2D eigenvalue weighted by Crippen LogP contribution is -2.30. The van der Waals surface area contributed by atoms with Gasteiger partial charge in [0.2, 0.25) is 0 Å². The summed E-state index contributed by atoms with van der Waals surface area (Å²) in [4.78, 5) is 17.1. The van der Waals surface area contributed by atoms with Crippen molar-refractivity contribution in [3.63, 3.8) is 0 Å². The van der Waals surface area contributed by atoms with Gasteiger partial charge in [-0.1, -0.05) is 0 Å². The largest absolute Gasteiger partial charge is 0.481 e. The summed E-state index contributed by atoms with van der Waals surface area (Å²) in [7, 11) is 0. The molecule has 0 saturated carbocycles. The molecule has 3 rings (SSSR count). The molecule has 2 unspecified atom stereocenters. The molecule has 5 nitrogen and oxygen atoms in total. The van der Waals surface area contributed by atoms with E-state index in [1.807, 2.05) is 0 Å². The van der Waals surface area contributed by atoms with Crippen molar-refractivity contribution in [2.75, 3.05) is 18.5 Å². The van der Waals surface area contributed by atoms with Crippen molar-refractivity contribution in [1.29, 1.82) is 0 Å². The number of thiazole rings is 1. The second-order valence-corrected chi connectivity index (χ2v) is 7.08. The number of rotatable bonds is 4. The van der Waals surface area contributed by atoms with Crippen LogP contribution in [-0.2, 0) is 16.0 Å². The molecule has 1 saturated heterocycles. The Bertz CT molecular complexity index is 511. The lowest BCUT2D eigenvalue weighted by atomic mass is 9.91. The molecule has 1 aromatic heterocycles. The highest BCUT2D eigenvalue weighted by molar-refractivity contribution is 7.15. The molecular weight excluding hydrogens is 288 g/mol. The zero-order valence-corrected chi connectivity index (χ0v) is 13.1. The Balaban J connectivity index is 1.70. The topological polar surface area (TPSA) is 71.5 Å². The number of aromatic nitrogens is 1. The minimum atomic E-state index is -0.745. The molecule has 1 aliphatic heterocycles. The van der Waals surface area contributed by atoms with Crippen molar-refractivity contribution < 1.29 is 14.6 Å². The summed E-state index contributed by atoms with van der Waals surface area (Å²) in [6.07, 6.45) is 4.78. The molecule has 0 radical (unpaired) electrons. The Morgan fingerprint density at radius 1 is 1.43 bits per heavy atom. The average molecular weight is 310 g/mol. The van der Waals surface area contributed by atoms with Gasteiger partial charge in [0.05, 0.1) is 5.69 Å². The van der Waals surface area contributed by atoms with Crippen molar-refractivity contribution >= 4 is 22.4 Å². The Morgan fingerprint density at radius 2 is 2.19 bits per heavy atom. The second kappa shape index (κ2) is 6.32. The van der Waals surface area contributed by atoms with Gasteiger partial charge >= 0.3 is 5.97 Å². The second-order valence-electron chi connectivity index (χ2n) is 5.99. The number of hydrogen-bond acceptors (Lipinski definition) is 5. The summed E-state index contributed by atoms with van der Waals surface area (Å²) in [5.41, 5.74) is 0.792. The molecule has 0 bridgehead atoms. The number of ether oxygens (including phenoxy) is 1. The first-order valence-electron chi connectivity index (χ1n) is 7.72. The maximum atomic E-state index is 11.3. The molecule has 2 atom stereocenters. The molecule has 1 aliphatic carbocycles. The van der Waals surface area contributed by atoms with E-state index in [1.54, 1.807) is 11.3 Å². The van der Waals surface area contributed by atoms with E-state index >= 15 is 0 Å². The fraction of sp³-hybridized carbons (Fsp3) is 0.733. The van der Waals surface area contributed by atoms with Gasteiger partial charge in [0.25, 0.3) is 0 Å². The van der Waals surface area contributed by atoms with Crippen LogP contribution in [0.1, 0.15) is 49.1 Å². The summed E-state index contributed by atoms with van der Waals surface area (Å²) in [5.74, 6) is -0.556. The van der Waals surface area contributed by atoms with Crippen molar-refractivity contribution in [3.8, 4) is 0 Å². The quantitative estimate of drug-likeness (QED) is 0.895. The first-order chi connectivity index (χ1) is 10.1. The van der Waals surface area contributed by atoms with Gasteiger partial charge in [0.1, 0.15) is 5.92 Å². The standard InChI is InChI=1S/C15H22N2O3S/c1-9(10-5-7-20-8-6-10)16-15-17-13-11(14(18)19)3-2-4-12(13)21-15/h9-11H,2-8H2,1H3,(H,16,17)(H,18,19). The number of nitrogens with one attached hydrogen (secondary N) is 1. The maximum absolute atomic E-state index is 11.3. The lowest BCUT2D eigenvalue weighted by Gasteiger charge is -2.28. The number of carboxylic acids is 1. The molecule has 0 amide bonds. The van der Waals surface area contributed by atoms with Crippen LogP contribution >= 0.6 is 11.3 Å². The first kappa shape index (κ1) is 14.8. The molecule has 1 fully saturated rings. The van der Waals surface area contributed by atoms with E-state index in [1.165, 1.54) is 0 Å². The molecular formula is C15H22N2O3S. The smallest absolute Gasteiger partial charge is 0.312 e. The number of aryl methyl sites for hydroxylation is 1. The molecule has 116 valence electrons. The highest BCUT2D eigenvalue weighted by Gasteiger charge is 2.30. The first-order valence-corrected chi connectivity index (χ1v) is 8.53. The molecule has 1 aromatic rings. The number of hydrogen-bond donors (Lipinski definition) is 2. The van der Waals surface area contributed by atoms with E-state index < -0.39 is 11.9 Å². The minimum Gasteiger partial charge on any atom is -0.481 e. The van der Waals surface area contributed by atoms with Crippen LogP contribution in [0.25, 0.3) is 0 Å². The minimum absolute atomic E-state index is 0.352. The number of fused-ring (bicyclic) bond motifs is 1. The van der Waals surface area contributed by atoms with Gasteiger partial charge in [-0.05, 0) is 44.9 Å². The van der Waals surface area contributed by atoms with Crippen LogP contribution in [0.2, 0.25) is 0 Å². The van der Waals surface area contributed by atoms with E-state index in [4.69, 9.17) is 4.74 Å². The summed E-state index contributed by atoms with van der Waals surface area (Å²) in [6, 6.07) is 0.352. The number of carbonyl (C=O) groups is 1. The monoisotopic (exact) mass is 310 g/mol. The highest BCUT2D eigenvalue weighted by atomic mass is 32.1. The number of carboxylic acid groups (broad SMARTS) is 1. The van der Waals surface area contributed by atoms with Gasteiger partial charge < -0.3 is 15.2 Å². The van der Waals surface area contributed by atoms with Gasteiger partial charge in [-0.3, -0.25) is 4.79 Å². The summed E-state index contributed by atoms with van der Waals surface area (Å²) < 4.78 is 5.40. The van der Waals surface area contributed by atoms with Crippen LogP contribution in [0, 0.1) is 5.92 Å². The van der Waals surface area contributed by atoms with Crippen LogP contribution < -0.4 is 5.32 Å². The van der Waals surface area contributed by atoms with E-state index in [2.05, 4.69) is 17.2 Å². The van der Waals surface area contributed by atoms with Gasteiger partial charge in [-0.25, -0.2) is 4.98 Å². The Hall–Kier alpha value is -1.14. The average Bonchev–Trinajstić information content (AvgIpc) is 2.89. The third kappa shape index (κ3) is 3.21. The molecule has 2 aliphatic rings. The zero-order valence-electron chi connectivity index (χ0n) is 12.3. The fourth-order valence-electron chi connectivity index (χ4n) is 3.25. The molecule has 2 N–H and O–H groups in total. The van der Waals surface area contributed by atoms with Gasteiger partial charge in [0.15, 0.2) is 5.13 Å². The summed E-state index contributed by atoms with van der Waals surface area (Å²) in [6.45, 7) is 3.86. The van der Waals surface area contributed by atoms with Gasteiger partial charge in [-0.2, -0.15) is 0 Å². The fourth-order valence-corrected chi connectivity index (χ4v) is 4.41. The number of anilines is 1. The highest BCUT2D eigenvalue weighted by Crippen LogP contribution is 2.37. The molecule has 0 spiro atoms. The van der Waals surface area contributed by atoms with Crippen LogP contribution in [0.4, 0.5) is 5.13 Å². The molecule has 21 heavy (non-hydrogen) atoms. The van der Waals surface area contributed by atoms with E-state index in [0.717, 1.165) is 54.6 Å². The predicted octanol–water partition coefficient (Wildman–Crippen LogP) is 2.87. The van der Waals surface area contributed by atoms with Crippen molar-refractivity contribution in [3.05, 3.63) is 10.6 Å². The van der Waals surface area contributed by atoms with Crippen LogP contribution in [0.15, 0.2) is 0 Å². The van der Waals surface area contributed by atoms with Gasteiger partial charge in [-0.15, -0.1) is 11.3 Å². The summed E-state index contributed by atoms with van der Waals surface area (Å²) >= 11 is 1.63. The summed E-state index contributed by atoms with van der Waals surface area (Å²) in [5, 5.41) is 13.7. The third-order valence-electron chi connectivity index (χ3n) is 4.58. The zero-order chi connectivity index (χ0) is 14.8. The SMILES string of the molecule is CC(Nc1nc2c(s1)CCCC2C(=O)O)C1CCOCC1. The molecule has 6 heteroatoms. The Morgan fingerprint density at radius 3 is 2.90 bits per heavy atom. The van der Waals surface area contributed by atoms with Gasteiger partial charge in [0, 0.05) is 24.1 Å².